The first-order chi connectivity index (χ1) is 12.0. The summed E-state index contributed by atoms with van der Waals surface area (Å²) in [6, 6.07) is 3.77. The number of β-amino-alcohol motifs (C(OH)–C–C–N with tert-alkyl or cyclic N) is 1. The topological polar surface area (TPSA) is 97.6 Å². The third-order valence-electron chi connectivity index (χ3n) is 4.17. The Hall–Kier alpha value is -2.45. The SMILES string of the molecule is CN(C)C[C@H]1C[C@@H](O)CN1c1cc(NCc2cncc(O)c2)ncn1. The van der Waals surface area contributed by atoms with Gasteiger partial charge in [0.05, 0.1) is 12.3 Å². The Morgan fingerprint density at radius 3 is 2.88 bits per heavy atom. The van der Waals surface area contributed by atoms with Crippen molar-refractivity contribution in [2.75, 3.05) is 37.4 Å². The maximum atomic E-state index is 10.0. The van der Waals surface area contributed by atoms with Gasteiger partial charge in [-0.15, -0.1) is 0 Å². The van der Waals surface area contributed by atoms with Gasteiger partial charge in [-0.3, -0.25) is 4.98 Å². The first-order valence-corrected chi connectivity index (χ1v) is 8.29. The molecule has 0 unspecified atom stereocenters. The Balaban J connectivity index is 1.70. The number of rotatable bonds is 6. The van der Waals surface area contributed by atoms with Crippen molar-refractivity contribution in [2.45, 2.75) is 25.1 Å². The zero-order valence-electron chi connectivity index (χ0n) is 14.5. The molecule has 0 aromatic carbocycles. The maximum absolute atomic E-state index is 10.0. The molecule has 0 amide bonds. The standard InChI is InChI=1S/C17H24N6O2/c1-22(2)9-13-4-15(25)10-23(13)17-5-16(20-11-21-17)19-7-12-3-14(24)8-18-6-12/h3,5-6,8,11,13,15,24-25H,4,7,9-10H2,1-2H3,(H,19,20,21)/t13-,15-/m1/s1. The van der Waals surface area contributed by atoms with Crippen molar-refractivity contribution in [3.63, 3.8) is 0 Å². The van der Waals surface area contributed by atoms with Gasteiger partial charge in [-0.2, -0.15) is 0 Å². The second-order valence-corrected chi connectivity index (χ2v) is 6.62. The minimum atomic E-state index is -0.338. The monoisotopic (exact) mass is 344 g/mol. The second-order valence-electron chi connectivity index (χ2n) is 6.62. The van der Waals surface area contributed by atoms with Gasteiger partial charge in [-0.05, 0) is 32.1 Å². The lowest BCUT2D eigenvalue weighted by atomic mass is 10.2. The minimum absolute atomic E-state index is 0.139. The van der Waals surface area contributed by atoms with Crippen LogP contribution in [-0.4, -0.2) is 69.4 Å². The molecular formula is C17H24N6O2. The van der Waals surface area contributed by atoms with Gasteiger partial charge in [0.25, 0.3) is 0 Å². The van der Waals surface area contributed by atoms with E-state index in [2.05, 4.69) is 30.1 Å². The lowest BCUT2D eigenvalue weighted by Crippen LogP contribution is -2.38. The maximum Gasteiger partial charge on any atom is 0.134 e. The molecule has 1 aliphatic rings. The van der Waals surface area contributed by atoms with Crippen molar-refractivity contribution < 1.29 is 10.2 Å². The molecule has 0 radical (unpaired) electrons. The molecule has 1 saturated heterocycles. The molecular weight excluding hydrogens is 320 g/mol. The molecule has 1 aliphatic heterocycles. The molecule has 2 aromatic rings. The van der Waals surface area contributed by atoms with Crippen LogP contribution < -0.4 is 10.2 Å². The average molecular weight is 344 g/mol. The van der Waals surface area contributed by atoms with E-state index in [1.165, 1.54) is 12.5 Å². The lowest BCUT2D eigenvalue weighted by Gasteiger charge is -2.27. The fourth-order valence-corrected chi connectivity index (χ4v) is 3.13. The van der Waals surface area contributed by atoms with Gasteiger partial charge in [0.1, 0.15) is 23.7 Å². The van der Waals surface area contributed by atoms with Crippen molar-refractivity contribution in [1.82, 2.24) is 19.9 Å². The van der Waals surface area contributed by atoms with E-state index in [4.69, 9.17) is 0 Å². The average Bonchev–Trinajstić information content (AvgIpc) is 2.93. The first-order valence-electron chi connectivity index (χ1n) is 8.29. The van der Waals surface area contributed by atoms with Crippen LogP contribution in [0, 0.1) is 0 Å². The van der Waals surface area contributed by atoms with Crippen LogP contribution in [0.15, 0.2) is 30.9 Å². The van der Waals surface area contributed by atoms with E-state index in [1.807, 2.05) is 20.2 Å². The Labute approximate surface area is 147 Å². The molecule has 2 aromatic heterocycles. The van der Waals surface area contributed by atoms with Crippen molar-refractivity contribution in [2.24, 2.45) is 0 Å². The van der Waals surface area contributed by atoms with Crippen LogP contribution in [0.25, 0.3) is 0 Å². The highest BCUT2D eigenvalue weighted by Gasteiger charge is 2.32. The first kappa shape index (κ1) is 17.4. The number of pyridine rings is 1. The summed E-state index contributed by atoms with van der Waals surface area (Å²) in [5.41, 5.74) is 0.863. The number of anilines is 2. The van der Waals surface area contributed by atoms with Crippen LogP contribution >= 0.6 is 0 Å². The number of hydrogen-bond acceptors (Lipinski definition) is 8. The normalized spacial score (nSPS) is 20.2. The predicted molar refractivity (Wildman–Crippen MR) is 95.6 cm³/mol. The molecule has 2 atom stereocenters. The number of likely N-dealkylation sites (N-methyl/N-ethyl adjacent to an activating group) is 1. The highest BCUT2D eigenvalue weighted by Crippen LogP contribution is 2.25. The summed E-state index contributed by atoms with van der Waals surface area (Å²) in [5, 5.41) is 22.7. The van der Waals surface area contributed by atoms with Crippen molar-refractivity contribution in [1.29, 1.82) is 0 Å². The molecule has 3 rings (SSSR count). The van der Waals surface area contributed by atoms with Gasteiger partial charge < -0.3 is 25.3 Å². The van der Waals surface area contributed by atoms with E-state index in [-0.39, 0.29) is 17.9 Å². The van der Waals surface area contributed by atoms with Crippen molar-refractivity contribution in [3.05, 3.63) is 36.4 Å². The number of aliphatic hydroxyl groups is 1. The summed E-state index contributed by atoms with van der Waals surface area (Å²) in [6.45, 7) is 1.94. The number of aliphatic hydroxyl groups excluding tert-OH is 1. The summed E-state index contributed by atoms with van der Waals surface area (Å²) < 4.78 is 0. The van der Waals surface area contributed by atoms with E-state index in [0.717, 1.165) is 24.3 Å². The molecule has 1 fully saturated rings. The summed E-state index contributed by atoms with van der Waals surface area (Å²) in [6.07, 6.45) is 5.01. The van der Waals surface area contributed by atoms with Gasteiger partial charge in [-0.1, -0.05) is 0 Å². The predicted octanol–water partition coefficient (Wildman–Crippen LogP) is 0.690. The summed E-state index contributed by atoms with van der Waals surface area (Å²) in [5.74, 6) is 1.63. The highest BCUT2D eigenvalue weighted by atomic mass is 16.3. The molecule has 25 heavy (non-hydrogen) atoms. The lowest BCUT2D eigenvalue weighted by molar-refractivity contribution is 0.191. The summed E-state index contributed by atoms with van der Waals surface area (Å²) >= 11 is 0. The van der Waals surface area contributed by atoms with Crippen LogP contribution in [0.3, 0.4) is 0 Å². The Morgan fingerprint density at radius 1 is 1.28 bits per heavy atom. The molecule has 134 valence electrons. The quantitative estimate of drug-likeness (QED) is 0.704. The smallest absolute Gasteiger partial charge is 0.134 e. The number of aromatic hydroxyl groups is 1. The van der Waals surface area contributed by atoms with Crippen LogP contribution in [-0.2, 0) is 6.54 Å². The van der Waals surface area contributed by atoms with Gasteiger partial charge in [-0.25, -0.2) is 9.97 Å². The zero-order chi connectivity index (χ0) is 17.8. The summed E-state index contributed by atoms with van der Waals surface area (Å²) in [7, 11) is 4.05. The van der Waals surface area contributed by atoms with E-state index in [9.17, 15) is 10.2 Å². The van der Waals surface area contributed by atoms with Crippen molar-refractivity contribution in [3.8, 4) is 5.75 Å². The largest absolute Gasteiger partial charge is 0.506 e. The fraction of sp³-hybridized carbons (Fsp3) is 0.471. The summed E-state index contributed by atoms with van der Waals surface area (Å²) in [4.78, 5) is 16.8. The van der Waals surface area contributed by atoms with Crippen LogP contribution in [0.5, 0.6) is 5.75 Å². The Kier molecular flexibility index (Phi) is 5.30. The van der Waals surface area contributed by atoms with Gasteiger partial charge >= 0.3 is 0 Å². The number of aromatic nitrogens is 3. The molecule has 3 heterocycles. The highest BCUT2D eigenvalue weighted by molar-refractivity contribution is 5.50. The van der Waals surface area contributed by atoms with Gasteiger partial charge in [0.2, 0.25) is 0 Å². The second kappa shape index (κ2) is 7.62. The van der Waals surface area contributed by atoms with E-state index in [0.29, 0.717) is 18.9 Å². The number of nitrogens with one attached hydrogen (secondary N) is 1. The molecule has 8 nitrogen and oxygen atoms in total. The van der Waals surface area contributed by atoms with Crippen molar-refractivity contribution >= 4 is 11.6 Å². The van der Waals surface area contributed by atoms with E-state index in [1.54, 1.807) is 12.3 Å². The molecule has 0 spiro atoms. The van der Waals surface area contributed by atoms with Crippen LogP contribution in [0.4, 0.5) is 11.6 Å². The molecule has 8 heteroatoms. The van der Waals surface area contributed by atoms with E-state index >= 15 is 0 Å². The molecule has 0 bridgehead atoms. The fourth-order valence-electron chi connectivity index (χ4n) is 3.13. The molecule has 0 aliphatic carbocycles. The Bertz CT molecular complexity index is 711. The van der Waals surface area contributed by atoms with Crippen LogP contribution in [0.2, 0.25) is 0 Å². The molecule has 3 N–H and O–H groups in total. The minimum Gasteiger partial charge on any atom is -0.506 e. The Morgan fingerprint density at radius 2 is 2.12 bits per heavy atom. The molecule has 0 saturated carbocycles. The number of nitrogens with zero attached hydrogens (tertiary/aromatic N) is 5. The van der Waals surface area contributed by atoms with Gasteiger partial charge in [0, 0.05) is 37.9 Å². The zero-order valence-corrected chi connectivity index (χ0v) is 14.5. The van der Waals surface area contributed by atoms with Crippen LogP contribution in [0.1, 0.15) is 12.0 Å². The third kappa shape index (κ3) is 4.55. The number of hydrogen-bond donors (Lipinski definition) is 3. The van der Waals surface area contributed by atoms with E-state index < -0.39 is 0 Å². The van der Waals surface area contributed by atoms with Gasteiger partial charge in [0.15, 0.2) is 0 Å². The third-order valence-corrected chi connectivity index (χ3v) is 4.17.